The highest BCUT2D eigenvalue weighted by atomic mass is 31.2. The van der Waals surface area contributed by atoms with Gasteiger partial charge in [0.25, 0.3) is 0 Å². The van der Waals surface area contributed by atoms with Gasteiger partial charge in [-0.25, -0.2) is 4.57 Å². The molecule has 6 unspecified atom stereocenters. The second-order valence-corrected chi connectivity index (χ2v) is 18.1. The van der Waals surface area contributed by atoms with Crippen LogP contribution in [0.3, 0.4) is 0 Å². The predicted molar refractivity (Wildman–Crippen MR) is 230 cm³/mol. The Morgan fingerprint density at radius 2 is 0.897 bits per heavy atom. The number of rotatable bonds is 40. The molecule has 0 saturated heterocycles. The van der Waals surface area contributed by atoms with Crippen LogP contribution in [-0.2, 0) is 27.9 Å². The quantitative estimate of drug-likeness (QED) is 0.0148. The van der Waals surface area contributed by atoms with E-state index in [0.29, 0.717) is 6.42 Å². The third-order valence-electron chi connectivity index (χ3n) is 11.2. The highest BCUT2D eigenvalue weighted by Crippen LogP contribution is 2.47. The minimum atomic E-state index is -5.03. The van der Waals surface area contributed by atoms with Crippen LogP contribution in [-0.4, -0.2) is 92.3 Å². The third-order valence-corrected chi connectivity index (χ3v) is 12.2. The zero-order valence-electron chi connectivity index (χ0n) is 36.6. The van der Waals surface area contributed by atoms with Gasteiger partial charge in [-0.2, -0.15) is 0 Å². The molecule has 0 aromatic heterocycles. The summed E-state index contributed by atoms with van der Waals surface area (Å²) in [6, 6.07) is 0. The molecule has 1 saturated carbocycles. The highest BCUT2D eigenvalue weighted by Gasteiger charge is 2.51. The largest absolute Gasteiger partial charge is 0.498 e. The summed E-state index contributed by atoms with van der Waals surface area (Å²) < 4.78 is 33.9. The van der Waals surface area contributed by atoms with E-state index in [1.54, 1.807) is 0 Å². The van der Waals surface area contributed by atoms with Crippen LogP contribution >= 0.6 is 7.82 Å². The molecule has 58 heavy (non-hydrogen) atoms. The van der Waals surface area contributed by atoms with Crippen LogP contribution in [0.15, 0.2) is 12.3 Å². The van der Waals surface area contributed by atoms with Crippen LogP contribution in [0.4, 0.5) is 0 Å². The first-order valence-corrected chi connectivity index (χ1v) is 25.1. The second kappa shape index (κ2) is 36.6. The van der Waals surface area contributed by atoms with Crippen LogP contribution in [0.5, 0.6) is 0 Å². The Balaban J connectivity index is 2.39. The minimum absolute atomic E-state index is 0.155. The Kier molecular flexibility index (Phi) is 34.6. The van der Waals surface area contributed by atoms with Crippen LogP contribution < -0.4 is 0 Å². The molecule has 12 nitrogen and oxygen atoms in total. The van der Waals surface area contributed by atoms with Crippen molar-refractivity contribution in [3.63, 3.8) is 0 Å². The van der Waals surface area contributed by atoms with Gasteiger partial charge in [0.05, 0.1) is 12.9 Å². The van der Waals surface area contributed by atoms with Crippen molar-refractivity contribution in [2.75, 3.05) is 13.2 Å². The van der Waals surface area contributed by atoms with Crippen molar-refractivity contribution in [2.45, 2.75) is 256 Å². The minimum Gasteiger partial charge on any atom is -0.498 e. The smallest absolute Gasteiger partial charge is 0.472 e. The molecular formula is C45H87O12P. The van der Waals surface area contributed by atoms with Gasteiger partial charge in [-0.15, -0.1) is 0 Å². The van der Waals surface area contributed by atoms with Crippen molar-refractivity contribution in [3.05, 3.63) is 12.3 Å². The molecule has 0 aliphatic heterocycles. The van der Waals surface area contributed by atoms with Gasteiger partial charge in [0.15, 0.2) is 6.10 Å². The number of hydrogen-bond donors (Lipinski definition) is 6. The molecule has 0 aromatic rings. The first kappa shape index (κ1) is 54.9. The molecule has 0 spiro atoms. The molecule has 13 heteroatoms. The summed E-state index contributed by atoms with van der Waals surface area (Å²) in [5, 5.41) is 50.1. The zero-order valence-corrected chi connectivity index (χ0v) is 37.5. The lowest BCUT2D eigenvalue weighted by Gasteiger charge is -2.41. The number of phosphoric ester groups is 1. The van der Waals surface area contributed by atoms with Gasteiger partial charge in [0.2, 0.25) is 0 Å². The van der Waals surface area contributed by atoms with Crippen molar-refractivity contribution in [1.29, 1.82) is 0 Å². The van der Waals surface area contributed by atoms with E-state index in [1.165, 1.54) is 154 Å². The van der Waals surface area contributed by atoms with Crippen molar-refractivity contribution in [3.8, 4) is 0 Å². The number of esters is 1. The lowest BCUT2D eigenvalue weighted by Crippen LogP contribution is -2.64. The van der Waals surface area contributed by atoms with E-state index < -0.39 is 63.1 Å². The second-order valence-electron chi connectivity index (χ2n) is 16.7. The van der Waals surface area contributed by atoms with E-state index in [2.05, 4.69) is 13.8 Å². The number of aliphatic hydroxyl groups excluding tert-OH is 5. The summed E-state index contributed by atoms with van der Waals surface area (Å²) in [6.45, 7) is 3.74. The Bertz CT molecular complexity index is 1020. The van der Waals surface area contributed by atoms with Gasteiger partial charge >= 0.3 is 13.8 Å². The van der Waals surface area contributed by atoms with E-state index in [4.69, 9.17) is 18.5 Å². The van der Waals surface area contributed by atoms with Gasteiger partial charge in [0.1, 0.15) is 43.2 Å². The first-order valence-electron chi connectivity index (χ1n) is 23.6. The fraction of sp³-hybridized carbons (Fsp3) is 0.933. The third kappa shape index (κ3) is 28.4. The lowest BCUT2D eigenvalue weighted by molar-refractivity contribution is -0.220. The zero-order chi connectivity index (χ0) is 42.7. The van der Waals surface area contributed by atoms with Crippen molar-refractivity contribution < 1.29 is 58.3 Å². The molecule has 1 rings (SSSR count). The fourth-order valence-corrected chi connectivity index (χ4v) is 8.41. The van der Waals surface area contributed by atoms with Crippen LogP contribution in [0.25, 0.3) is 0 Å². The standard InChI is InChI=1S/C45H87O12P/c1-3-5-7-9-11-13-15-17-18-19-20-21-23-25-27-29-31-33-35-54-36-38(37-55-58(52,53)57-45-43(50)41(48)40(47)42(49)44(45)51)56-39(46)34-32-30-28-26-24-22-16-14-12-10-8-6-4-2/h33,35,38,40-45,47-51H,3-32,34,36-37H2,1-2H3,(H,52,53)/b35-33-/t38-,40?,41-,42?,43?,44?,45?/m1/s1. The number of aliphatic hydroxyl groups is 5. The molecule has 1 aliphatic carbocycles. The summed E-state index contributed by atoms with van der Waals surface area (Å²) in [4.78, 5) is 23.1. The molecule has 0 heterocycles. The molecular weight excluding hydrogens is 763 g/mol. The summed E-state index contributed by atoms with van der Waals surface area (Å²) >= 11 is 0. The topological polar surface area (TPSA) is 192 Å². The molecule has 1 aliphatic rings. The summed E-state index contributed by atoms with van der Waals surface area (Å²) in [7, 11) is -5.03. The molecule has 6 N–H and O–H groups in total. The van der Waals surface area contributed by atoms with Gasteiger partial charge in [-0.05, 0) is 25.3 Å². The van der Waals surface area contributed by atoms with Crippen LogP contribution in [0.2, 0.25) is 0 Å². The molecule has 1 fully saturated rings. The maximum atomic E-state index is 12.8. The lowest BCUT2D eigenvalue weighted by atomic mass is 9.85. The van der Waals surface area contributed by atoms with E-state index in [-0.39, 0.29) is 13.0 Å². The molecule has 0 amide bonds. The number of hydrogen-bond acceptors (Lipinski definition) is 11. The van der Waals surface area contributed by atoms with Crippen LogP contribution in [0, 0.1) is 0 Å². The van der Waals surface area contributed by atoms with E-state index in [1.807, 2.05) is 6.08 Å². The molecule has 8 atom stereocenters. The van der Waals surface area contributed by atoms with E-state index >= 15 is 0 Å². The van der Waals surface area contributed by atoms with Crippen molar-refractivity contribution in [2.24, 2.45) is 0 Å². The van der Waals surface area contributed by atoms with Gasteiger partial charge in [-0.3, -0.25) is 13.8 Å². The molecule has 0 bridgehead atoms. The number of carbonyl (C=O) groups excluding carboxylic acids is 1. The number of carbonyl (C=O) groups is 1. The first-order chi connectivity index (χ1) is 28.0. The Morgan fingerprint density at radius 1 is 0.534 bits per heavy atom. The van der Waals surface area contributed by atoms with Gasteiger partial charge < -0.3 is 39.9 Å². The Morgan fingerprint density at radius 3 is 1.31 bits per heavy atom. The summed E-state index contributed by atoms with van der Waals surface area (Å²) in [5.41, 5.74) is 0. The van der Waals surface area contributed by atoms with E-state index in [0.717, 1.165) is 38.5 Å². The maximum absolute atomic E-state index is 12.8. The van der Waals surface area contributed by atoms with E-state index in [9.17, 15) is 39.8 Å². The SMILES string of the molecule is CCCCCCCCCCCCCCCCCC/C=C\OC[C@H](COP(=O)(O)OC1C(O)C(O)C(O)[C@@H](O)C1O)OC(=O)CCCCCCCCCCCCCCC. The Hall–Kier alpha value is -1.08. The molecule has 0 aromatic carbocycles. The monoisotopic (exact) mass is 851 g/mol. The number of unbranched alkanes of at least 4 members (excludes halogenated alkanes) is 28. The number of allylic oxidation sites excluding steroid dienone is 1. The number of ether oxygens (including phenoxy) is 2. The Labute approximate surface area is 352 Å². The van der Waals surface area contributed by atoms with Gasteiger partial charge in [-0.1, -0.05) is 187 Å². The van der Waals surface area contributed by atoms with Crippen molar-refractivity contribution in [1.82, 2.24) is 0 Å². The normalized spacial score (nSPS) is 22.6. The average molecular weight is 851 g/mol. The highest BCUT2D eigenvalue weighted by molar-refractivity contribution is 7.47. The fourth-order valence-electron chi connectivity index (χ4n) is 7.44. The molecule has 344 valence electrons. The average Bonchev–Trinajstić information content (AvgIpc) is 3.21. The number of phosphoric acid groups is 1. The summed E-state index contributed by atoms with van der Waals surface area (Å²) in [5.74, 6) is -0.496. The van der Waals surface area contributed by atoms with Gasteiger partial charge in [0, 0.05) is 6.42 Å². The summed E-state index contributed by atoms with van der Waals surface area (Å²) in [6.07, 6.45) is 27.9. The maximum Gasteiger partial charge on any atom is 0.472 e. The van der Waals surface area contributed by atoms with Crippen molar-refractivity contribution >= 4 is 13.8 Å². The predicted octanol–water partition coefficient (Wildman–Crippen LogP) is 9.88. The van der Waals surface area contributed by atoms with Crippen LogP contribution in [0.1, 0.15) is 213 Å². The molecule has 0 radical (unpaired) electrons.